The van der Waals surface area contributed by atoms with E-state index in [2.05, 4.69) is 0 Å². The van der Waals surface area contributed by atoms with Gasteiger partial charge in [-0.15, -0.1) is 0 Å². The Kier molecular flexibility index (Phi) is 2.94. The summed E-state index contributed by atoms with van der Waals surface area (Å²) in [5.74, 6) is 0.870. The molecule has 0 aromatic heterocycles. The highest BCUT2D eigenvalue weighted by Gasteiger charge is 2.11. The van der Waals surface area contributed by atoms with Gasteiger partial charge >= 0.3 is 0 Å². The Labute approximate surface area is 84.9 Å². The number of ketones is 1. The molecule has 0 aliphatic carbocycles. The molecule has 0 saturated carbocycles. The van der Waals surface area contributed by atoms with Gasteiger partial charge in [-0.25, -0.2) is 0 Å². The number of ether oxygens (including phenoxy) is 1. The minimum atomic E-state index is -0.197. The third-order valence-electron chi connectivity index (χ3n) is 1.68. The molecule has 0 radical (unpaired) electrons. The van der Waals surface area contributed by atoms with Crippen molar-refractivity contribution in [3.05, 3.63) is 29.8 Å². The molecule has 14 heavy (non-hydrogen) atoms. The lowest BCUT2D eigenvalue weighted by atomic mass is 10.1. The highest BCUT2D eigenvalue weighted by molar-refractivity contribution is 5.94. The number of carbonyl (C=O) groups is 1. The van der Waals surface area contributed by atoms with Gasteiger partial charge in [-0.05, 0) is 52.0 Å². The van der Waals surface area contributed by atoms with Crippen molar-refractivity contribution in [2.24, 2.45) is 0 Å². The summed E-state index contributed by atoms with van der Waals surface area (Å²) in [6.07, 6.45) is 0. The first kappa shape index (κ1) is 10.8. The normalized spacial score (nSPS) is 11.1. The minimum Gasteiger partial charge on any atom is -0.488 e. The van der Waals surface area contributed by atoms with Crippen LogP contribution in [0, 0.1) is 0 Å². The molecule has 0 heterocycles. The van der Waals surface area contributed by atoms with Crippen molar-refractivity contribution < 1.29 is 9.53 Å². The zero-order valence-electron chi connectivity index (χ0n) is 9.13. The van der Waals surface area contributed by atoms with Crippen molar-refractivity contribution in [2.45, 2.75) is 33.3 Å². The van der Waals surface area contributed by atoms with Crippen LogP contribution in [-0.4, -0.2) is 11.4 Å². The SMILES string of the molecule is CC(=O)c1ccc(OC(C)(C)C)cc1. The Morgan fingerprint density at radius 2 is 1.64 bits per heavy atom. The lowest BCUT2D eigenvalue weighted by Gasteiger charge is -2.21. The smallest absolute Gasteiger partial charge is 0.159 e. The maximum Gasteiger partial charge on any atom is 0.159 e. The van der Waals surface area contributed by atoms with Gasteiger partial charge in [0.15, 0.2) is 5.78 Å². The summed E-state index contributed by atoms with van der Waals surface area (Å²) in [6.45, 7) is 7.53. The number of rotatable bonds is 2. The summed E-state index contributed by atoms with van der Waals surface area (Å²) in [5.41, 5.74) is 0.517. The predicted octanol–water partition coefficient (Wildman–Crippen LogP) is 3.07. The van der Waals surface area contributed by atoms with Crippen LogP contribution < -0.4 is 4.74 Å². The Morgan fingerprint density at radius 3 is 2.00 bits per heavy atom. The first-order valence-electron chi connectivity index (χ1n) is 4.68. The van der Waals surface area contributed by atoms with E-state index < -0.39 is 0 Å². The fourth-order valence-corrected chi connectivity index (χ4v) is 1.11. The first-order valence-corrected chi connectivity index (χ1v) is 4.68. The van der Waals surface area contributed by atoms with Crippen molar-refractivity contribution in [2.75, 3.05) is 0 Å². The van der Waals surface area contributed by atoms with E-state index in [1.165, 1.54) is 0 Å². The van der Waals surface area contributed by atoms with Crippen LogP contribution in [0.3, 0.4) is 0 Å². The fraction of sp³-hybridized carbons (Fsp3) is 0.417. The van der Waals surface area contributed by atoms with Crippen LogP contribution in [0.5, 0.6) is 5.75 Å². The van der Waals surface area contributed by atoms with Crippen LogP contribution in [0.2, 0.25) is 0 Å². The number of carbonyl (C=O) groups excluding carboxylic acids is 1. The highest BCUT2D eigenvalue weighted by Crippen LogP contribution is 2.18. The van der Waals surface area contributed by atoms with E-state index in [1.54, 1.807) is 19.1 Å². The Hall–Kier alpha value is -1.31. The van der Waals surface area contributed by atoms with E-state index in [1.807, 2.05) is 32.9 Å². The van der Waals surface area contributed by atoms with Crippen LogP contribution in [-0.2, 0) is 0 Å². The van der Waals surface area contributed by atoms with Gasteiger partial charge in [0, 0.05) is 5.56 Å². The third kappa shape index (κ3) is 3.21. The summed E-state index contributed by atoms with van der Waals surface area (Å²) in [4.78, 5) is 11.0. The van der Waals surface area contributed by atoms with Crippen LogP contribution in [0.25, 0.3) is 0 Å². The van der Waals surface area contributed by atoms with Gasteiger partial charge in [0.1, 0.15) is 11.4 Å². The number of hydrogen-bond donors (Lipinski definition) is 0. The Morgan fingerprint density at radius 1 is 1.14 bits per heavy atom. The predicted molar refractivity (Wildman–Crippen MR) is 56.8 cm³/mol. The summed E-state index contributed by atoms with van der Waals surface area (Å²) >= 11 is 0. The standard InChI is InChI=1S/C12H16O2/c1-9(13)10-5-7-11(8-6-10)14-12(2,3)4/h5-8H,1-4H3. The first-order chi connectivity index (χ1) is 6.38. The maximum absolute atomic E-state index is 11.0. The molecular formula is C12H16O2. The average molecular weight is 192 g/mol. The molecule has 0 amide bonds. The molecule has 0 spiro atoms. The van der Waals surface area contributed by atoms with E-state index in [9.17, 15) is 4.79 Å². The van der Waals surface area contributed by atoms with E-state index in [-0.39, 0.29) is 11.4 Å². The molecule has 1 rings (SSSR count). The van der Waals surface area contributed by atoms with Gasteiger partial charge in [-0.3, -0.25) is 4.79 Å². The molecule has 1 aromatic carbocycles. The van der Waals surface area contributed by atoms with Crippen molar-refractivity contribution >= 4 is 5.78 Å². The van der Waals surface area contributed by atoms with Gasteiger partial charge in [0.2, 0.25) is 0 Å². The molecule has 0 aliphatic heterocycles. The Balaban J connectivity index is 2.79. The Bertz CT molecular complexity index is 317. The van der Waals surface area contributed by atoms with Gasteiger partial charge in [-0.1, -0.05) is 0 Å². The topological polar surface area (TPSA) is 26.3 Å². The quantitative estimate of drug-likeness (QED) is 0.673. The van der Waals surface area contributed by atoms with Crippen LogP contribution in [0.15, 0.2) is 24.3 Å². The largest absolute Gasteiger partial charge is 0.488 e. The summed E-state index contributed by atoms with van der Waals surface area (Å²) in [7, 11) is 0. The third-order valence-corrected chi connectivity index (χ3v) is 1.68. The maximum atomic E-state index is 11.0. The minimum absolute atomic E-state index is 0.0762. The molecule has 0 fully saturated rings. The summed E-state index contributed by atoms with van der Waals surface area (Å²) < 4.78 is 5.63. The van der Waals surface area contributed by atoms with E-state index in [0.717, 1.165) is 5.75 Å². The molecule has 0 aliphatic rings. The van der Waals surface area contributed by atoms with E-state index >= 15 is 0 Å². The van der Waals surface area contributed by atoms with Crippen molar-refractivity contribution in [1.29, 1.82) is 0 Å². The number of Topliss-reactive ketones (excluding diaryl/α,β-unsaturated/α-hetero) is 1. The van der Waals surface area contributed by atoms with Gasteiger partial charge in [0.05, 0.1) is 0 Å². The molecule has 0 unspecified atom stereocenters. The monoisotopic (exact) mass is 192 g/mol. The summed E-state index contributed by atoms with van der Waals surface area (Å²) in [6, 6.07) is 7.21. The van der Waals surface area contributed by atoms with Gasteiger partial charge < -0.3 is 4.74 Å². The molecule has 2 heteroatoms. The second kappa shape index (κ2) is 3.82. The number of hydrogen-bond acceptors (Lipinski definition) is 2. The van der Waals surface area contributed by atoms with Gasteiger partial charge in [0.25, 0.3) is 0 Å². The molecule has 0 saturated heterocycles. The van der Waals surface area contributed by atoms with Gasteiger partial charge in [-0.2, -0.15) is 0 Å². The molecular weight excluding hydrogens is 176 g/mol. The lowest BCUT2D eigenvalue weighted by molar-refractivity contribution is 0.101. The molecule has 0 bridgehead atoms. The number of benzene rings is 1. The lowest BCUT2D eigenvalue weighted by Crippen LogP contribution is -2.22. The molecule has 76 valence electrons. The summed E-state index contributed by atoms with van der Waals surface area (Å²) in [5, 5.41) is 0. The van der Waals surface area contributed by atoms with Crippen molar-refractivity contribution in [3.8, 4) is 5.75 Å². The van der Waals surface area contributed by atoms with Crippen LogP contribution in [0.4, 0.5) is 0 Å². The van der Waals surface area contributed by atoms with Crippen molar-refractivity contribution in [3.63, 3.8) is 0 Å². The van der Waals surface area contributed by atoms with Crippen LogP contribution >= 0.6 is 0 Å². The zero-order chi connectivity index (χ0) is 10.8. The van der Waals surface area contributed by atoms with Crippen molar-refractivity contribution in [1.82, 2.24) is 0 Å². The molecule has 0 N–H and O–H groups in total. The van der Waals surface area contributed by atoms with E-state index in [0.29, 0.717) is 5.56 Å². The fourth-order valence-electron chi connectivity index (χ4n) is 1.11. The second-order valence-corrected chi connectivity index (χ2v) is 4.29. The molecule has 2 nitrogen and oxygen atoms in total. The highest BCUT2D eigenvalue weighted by atomic mass is 16.5. The zero-order valence-corrected chi connectivity index (χ0v) is 9.13. The van der Waals surface area contributed by atoms with Crippen LogP contribution in [0.1, 0.15) is 38.1 Å². The second-order valence-electron chi connectivity index (χ2n) is 4.29. The van der Waals surface area contributed by atoms with E-state index in [4.69, 9.17) is 4.74 Å². The molecule has 0 atom stereocenters. The molecule has 1 aromatic rings. The average Bonchev–Trinajstić information content (AvgIpc) is 2.02.